The van der Waals surface area contributed by atoms with Crippen LogP contribution in [-0.2, 0) is 6.54 Å². The molecule has 29 heavy (non-hydrogen) atoms. The molecule has 1 fully saturated rings. The first-order valence-electron chi connectivity index (χ1n) is 10.1. The third kappa shape index (κ3) is 4.92. The van der Waals surface area contributed by atoms with Crippen molar-refractivity contribution in [3.05, 3.63) is 71.0 Å². The van der Waals surface area contributed by atoms with Gasteiger partial charge in [-0.05, 0) is 55.8 Å². The van der Waals surface area contributed by atoms with Crippen LogP contribution in [0.2, 0.25) is 0 Å². The fourth-order valence-electron chi connectivity index (χ4n) is 3.62. The first kappa shape index (κ1) is 19.4. The van der Waals surface area contributed by atoms with E-state index in [2.05, 4.69) is 14.9 Å². The highest BCUT2D eigenvalue weighted by atomic mass is 19.1. The molecule has 0 aliphatic carbocycles. The SMILES string of the molecule is O=c1oc(-c2ccccc2)nn1CCCCN1CCN(c2ccc(F)cc2)CC1. The number of piperazine rings is 1. The van der Waals surface area contributed by atoms with Crippen molar-refractivity contribution < 1.29 is 8.81 Å². The number of rotatable bonds is 7. The molecule has 0 bridgehead atoms. The molecule has 1 aliphatic heterocycles. The maximum atomic E-state index is 13.1. The van der Waals surface area contributed by atoms with Crippen molar-refractivity contribution in [1.29, 1.82) is 0 Å². The summed E-state index contributed by atoms with van der Waals surface area (Å²) in [5.74, 6) is -0.237. The molecule has 1 saturated heterocycles. The Hall–Kier alpha value is -2.93. The minimum atomic E-state index is -0.406. The summed E-state index contributed by atoms with van der Waals surface area (Å²) in [4.78, 5) is 16.7. The van der Waals surface area contributed by atoms with Crippen molar-refractivity contribution in [2.75, 3.05) is 37.6 Å². The van der Waals surface area contributed by atoms with Crippen LogP contribution in [0.3, 0.4) is 0 Å². The number of hydrogen-bond acceptors (Lipinski definition) is 5. The molecule has 6 nitrogen and oxygen atoms in total. The quantitative estimate of drug-likeness (QED) is 0.574. The molecule has 4 rings (SSSR count). The highest BCUT2D eigenvalue weighted by Gasteiger charge is 2.17. The molecule has 3 aromatic rings. The Morgan fingerprint density at radius 2 is 1.59 bits per heavy atom. The number of nitrogens with zero attached hydrogens (tertiary/aromatic N) is 4. The monoisotopic (exact) mass is 396 g/mol. The topological polar surface area (TPSA) is 54.5 Å². The van der Waals surface area contributed by atoms with E-state index in [4.69, 9.17) is 4.42 Å². The van der Waals surface area contributed by atoms with Gasteiger partial charge in [-0.15, -0.1) is 5.10 Å². The van der Waals surface area contributed by atoms with E-state index >= 15 is 0 Å². The highest BCUT2D eigenvalue weighted by molar-refractivity contribution is 5.51. The van der Waals surface area contributed by atoms with E-state index in [0.717, 1.165) is 56.8 Å². The Bertz CT molecular complexity index is 960. The van der Waals surface area contributed by atoms with Gasteiger partial charge in [0.1, 0.15) is 5.82 Å². The lowest BCUT2D eigenvalue weighted by Crippen LogP contribution is -2.46. The standard InChI is InChI=1S/C22H25FN4O2/c23-19-8-10-20(11-9-19)26-16-14-25(15-17-26)12-4-5-13-27-22(28)29-21(24-27)18-6-2-1-3-7-18/h1-3,6-11H,4-5,12-17H2. The fourth-order valence-corrected chi connectivity index (χ4v) is 3.62. The molecule has 2 aromatic carbocycles. The summed E-state index contributed by atoms with van der Waals surface area (Å²) < 4.78 is 19.7. The normalized spacial score (nSPS) is 15.0. The zero-order chi connectivity index (χ0) is 20.1. The van der Waals surface area contributed by atoms with Crippen molar-refractivity contribution in [2.45, 2.75) is 19.4 Å². The molecule has 152 valence electrons. The lowest BCUT2D eigenvalue weighted by Gasteiger charge is -2.36. The lowest BCUT2D eigenvalue weighted by molar-refractivity contribution is 0.250. The van der Waals surface area contributed by atoms with Crippen LogP contribution in [0.1, 0.15) is 12.8 Å². The minimum absolute atomic E-state index is 0.200. The summed E-state index contributed by atoms with van der Waals surface area (Å²) in [7, 11) is 0. The van der Waals surface area contributed by atoms with Crippen LogP contribution in [0.25, 0.3) is 11.5 Å². The van der Waals surface area contributed by atoms with Crippen molar-refractivity contribution in [3.63, 3.8) is 0 Å². The average Bonchev–Trinajstić information content (AvgIpc) is 3.13. The van der Waals surface area contributed by atoms with Crippen molar-refractivity contribution in [1.82, 2.24) is 14.7 Å². The second kappa shape index (κ2) is 9.05. The molecule has 0 amide bonds. The van der Waals surface area contributed by atoms with Gasteiger partial charge in [0.25, 0.3) is 0 Å². The zero-order valence-corrected chi connectivity index (χ0v) is 16.3. The smallest absolute Gasteiger partial charge is 0.388 e. The summed E-state index contributed by atoms with van der Waals surface area (Å²) >= 11 is 0. The third-order valence-corrected chi connectivity index (χ3v) is 5.29. The Balaban J connectivity index is 1.20. The number of aryl methyl sites for hydroxylation is 1. The van der Waals surface area contributed by atoms with Gasteiger partial charge in [-0.1, -0.05) is 18.2 Å². The molecule has 0 spiro atoms. The largest absolute Gasteiger partial charge is 0.437 e. The van der Waals surface area contributed by atoms with Crippen LogP contribution in [0.15, 0.2) is 63.8 Å². The molecule has 1 aliphatic rings. The zero-order valence-electron chi connectivity index (χ0n) is 16.3. The summed E-state index contributed by atoms with van der Waals surface area (Å²) in [6.45, 7) is 5.41. The third-order valence-electron chi connectivity index (χ3n) is 5.29. The Labute approximate surface area is 169 Å². The molecular formula is C22H25FN4O2. The number of hydrogen-bond donors (Lipinski definition) is 0. The van der Waals surface area contributed by atoms with E-state index in [-0.39, 0.29) is 5.82 Å². The van der Waals surface area contributed by atoms with Gasteiger partial charge in [0.15, 0.2) is 0 Å². The van der Waals surface area contributed by atoms with Crippen LogP contribution < -0.4 is 10.7 Å². The Kier molecular flexibility index (Phi) is 6.05. The van der Waals surface area contributed by atoms with Crippen LogP contribution >= 0.6 is 0 Å². The molecule has 2 heterocycles. The molecule has 7 heteroatoms. The maximum absolute atomic E-state index is 13.1. The minimum Gasteiger partial charge on any atom is -0.388 e. The molecule has 0 saturated carbocycles. The van der Waals surface area contributed by atoms with Gasteiger partial charge in [0.2, 0.25) is 5.89 Å². The number of halogens is 1. The Morgan fingerprint density at radius 1 is 0.897 bits per heavy atom. The number of unbranched alkanes of at least 4 members (excludes halogenated alkanes) is 1. The Morgan fingerprint density at radius 3 is 2.31 bits per heavy atom. The summed E-state index contributed by atoms with van der Waals surface area (Å²) in [6.07, 6.45) is 1.87. The average molecular weight is 396 g/mol. The second-order valence-electron chi connectivity index (χ2n) is 7.27. The van der Waals surface area contributed by atoms with Gasteiger partial charge < -0.3 is 9.32 Å². The van der Waals surface area contributed by atoms with E-state index < -0.39 is 5.76 Å². The summed E-state index contributed by atoms with van der Waals surface area (Å²) in [5, 5.41) is 4.30. The number of benzene rings is 2. The van der Waals surface area contributed by atoms with E-state index in [9.17, 15) is 9.18 Å². The molecule has 0 N–H and O–H groups in total. The van der Waals surface area contributed by atoms with E-state index in [0.29, 0.717) is 12.4 Å². The predicted molar refractivity (Wildman–Crippen MR) is 110 cm³/mol. The number of anilines is 1. The number of aromatic nitrogens is 2. The predicted octanol–water partition coefficient (Wildman–Crippen LogP) is 3.24. The summed E-state index contributed by atoms with van der Waals surface area (Å²) in [6, 6.07) is 16.1. The van der Waals surface area contributed by atoms with Crippen molar-refractivity contribution >= 4 is 5.69 Å². The highest BCUT2D eigenvalue weighted by Crippen LogP contribution is 2.17. The van der Waals surface area contributed by atoms with Crippen molar-refractivity contribution in [2.24, 2.45) is 0 Å². The van der Waals surface area contributed by atoms with Gasteiger partial charge in [0, 0.05) is 44.0 Å². The van der Waals surface area contributed by atoms with Gasteiger partial charge in [0.05, 0.1) is 0 Å². The summed E-state index contributed by atoms with van der Waals surface area (Å²) in [5.41, 5.74) is 1.88. The lowest BCUT2D eigenvalue weighted by atomic mass is 10.2. The molecule has 0 unspecified atom stereocenters. The van der Waals surface area contributed by atoms with Crippen LogP contribution in [0, 0.1) is 5.82 Å². The van der Waals surface area contributed by atoms with Crippen LogP contribution in [0.4, 0.5) is 10.1 Å². The van der Waals surface area contributed by atoms with E-state index in [1.165, 1.54) is 16.8 Å². The first-order valence-corrected chi connectivity index (χ1v) is 10.1. The van der Waals surface area contributed by atoms with Gasteiger partial charge in [-0.25, -0.2) is 9.18 Å². The van der Waals surface area contributed by atoms with Gasteiger partial charge in [-0.3, -0.25) is 4.90 Å². The maximum Gasteiger partial charge on any atom is 0.437 e. The molecule has 0 radical (unpaired) electrons. The molecular weight excluding hydrogens is 371 g/mol. The fraction of sp³-hybridized carbons (Fsp3) is 0.364. The molecule has 0 atom stereocenters. The van der Waals surface area contributed by atoms with E-state index in [1.807, 2.05) is 42.5 Å². The van der Waals surface area contributed by atoms with Crippen LogP contribution in [0.5, 0.6) is 0 Å². The first-order chi connectivity index (χ1) is 14.2. The van der Waals surface area contributed by atoms with Crippen molar-refractivity contribution in [3.8, 4) is 11.5 Å². The van der Waals surface area contributed by atoms with E-state index in [1.54, 1.807) is 0 Å². The van der Waals surface area contributed by atoms with Crippen LogP contribution in [-0.4, -0.2) is 47.4 Å². The van der Waals surface area contributed by atoms with Gasteiger partial charge >= 0.3 is 5.76 Å². The van der Waals surface area contributed by atoms with Gasteiger partial charge in [-0.2, -0.15) is 4.68 Å². The second-order valence-corrected chi connectivity index (χ2v) is 7.27. The molecule has 1 aromatic heterocycles.